The SMILES string of the molecule is CC(=O)c1ccc(NC(=O)Nc2cccc(S(N)(=O)=O)c2)cc1.Cc1cc(NC(=O)Nc2ccc(NS(=O)[O-])cc2)cc(C(F)(F)F)c1.NS(=O)(=O)c1cccc(NC(=O)Nc2ccc(F)cc2)c1.NS(=O)(=O)c1cccc(NC(=O)Nc2ccc(I)cc2)c1.NS(=O)(=O)c1cccc(NC(=O)Nc2cccc([N+](=O)[O-])c2)c1.O=C(Nc1ccc(NS(=O)[O-])cc1)Nc1ccc(C(F)(F)F)cc1. The molecular formula is C83H75F7IN19O21S6-2. The number of halogens is 8. The summed E-state index contributed by atoms with van der Waals surface area (Å²) in [6.07, 6.45) is -8.95. The maximum atomic E-state index is 12.8. The molecule has 0 heterocycles. The number of carbonyl (C=O) groups is 7. The summed E-state index contributed by atoms with van der Waals surface area (Å²) in [7, 11) is -15.4. The Labute approximate surface area is 793 Å². The van der Waals surface area contributed by atoms with Crippen molar-refractivity contribution < 1.29 is 120 Å². The van der Waals surface area contributed by atoms with Crippen molar-refractivity contribution in [2.45, 2.75) is 45.8 Å². The lowest BCUT2D eigenvalue weighted by molar-refractivity contribution is -0.384. The first-order valence-corrected chi connectivity index (χ1v) is 47.1. The zero-order chi connectivity index (χ0) is 101. The van der Waals surface area contributed by atoms with E-state index in [9.17, 15) is 126 Å². The van der Waals surface area contributed by atoms with E-state index in [1.807, 2.05) is 12.1 Å². The summed E-state index contributed by atoms with van der Waals surface area (Å²) in [5.74, 6) is -0.484. The van der Waals surface area contributed by atoms with Crippen LogP contribution in [0.3, 0.4) is 0 Å². The van der Waals surface area contributed by atoms with Gasteiger partial charge in [0.15, 0.2) is 5.78 Å². The predicted octanol–water partition coefficient (Wildman–Crippen LogP) is 16.2. The van der Waals surface area contributed by atoms with Crippen molar-refractivity contribution in [3.8, 4) is 0 Å². The number of sulfonamides is 4. The number of anilines is 14. The molecule has 0 aliphatic rings. The van der Waals surface area contributed by atoms with Crippen LogP contribution in [0.1, 0.15) is 34.0 Å². The second kappa shape index (κ2) is 49.8. The van der Waals surface area contributed by atoms with Gasteiger partial charge in [0.05, 0.1) is 35.6 Å². The number of nitrogens with one attached hydrogen (secondary N) is 14. The minimum atomic E-state index is -4.51. The molecule has 0 radical (unpaired) electrons. The molecule has 22 N–H and O–H groups in total. The average Bonchev–Trinajstić information content (AvgIpc) is 0.826. The summed E-state index contributed by atoms with van der Waals surface area (Å²) < 4.78 is 226. The van der Waals surface area contributed by atoms with Crippen molar-refractivity contribution in [3.05, 3.63) is 327 Å². The van der Waals surface area contributed by atoms with Gasteiger partial charge < -0.3 is 82.4 Å². The summed E-state index contributed by atoms with van der Waals surface area (Å²) in [5.41, 5.74) is 3.43. The van der Waals surface area contributed by atoms with Crippen LogP contribution < -0.4 is 93.8 Å². The van der Waals surface area contributed by atoms with Crippen LogP contribution in [0.5, 0.6) is 0 Å². The molecule has 12 aromatic rings. The van der Waals surface area contributed by atoms with Crippen molar-refractivity contribution >= 4 is 212 Å². The van der Waals surface area contributed by atoms with Gasteiger partial charge in [-0.15, -0.1) is 0 Å². The van der Waals surface area contributed by atoms with Gasteiger partial charge >= 0.3 is 48.5 Å². The average molecular weight is 2130 g/mol. The third kappa shape index (κ3) is 40.0. The van der Waals surface area contributed by atoms with Crippen molar-refractivity contribution in [1.82, 2.24) is 0 Å². The fourth-order valence-corrected chi connectivity index (χ4v) is 13.8. The second-order valence-electron chi connectivity index (χ2n) is 27.2. The molecule has 0 bridgehead atoms. The normalized spacial score (nSPS) is 11.4. The van der Waals surface area contributed by atoms with Crippen LogP contribution in [-0.2, 0) is 75.0 Å². The number of hydrogen-bond acceptors (Lipinski definition) is 21. The second-order valence-corrected chi connectivity index (χ2v) is 36.0. The Morgan fingerprint density at radius 3 is 0.854 bits per heavy atom. The number of benzene rings is 12. The van der Waals surface area contributed by atoms with Crippen LogP contribution in [0.2, 0.25) is 0 Å². The molecule has 0 aliphatic carbocycles. The zero-order valence-electron chi connectivity index (χ0n) is 69.9. The predicted molar refractivity (Wildman–Crippen MR) is 508 cm³/mol. The maximum Gasteiger partial charge on any atom is 0.416 e. The Morgan fingerprint density at radius 2 is 0.577 bits per heavy atom. The van der Waals surface area contributed by atoms with E-state index in [4.69, 9.17) is 20.6 Å². The van der Waals surface area contributed by atoms with Gasteiger partial charge in [0.2, 0.25) is 40.1 Å². The molecule has 0 saturated carbocycles. The fourth-order valence-electron chi connectivity index (χ4n) is 10.5. The molecule has 137 heavy (non-hydrogen) atoms. The smallest absolute Gasteiger partial charge is 0.416 e. The van der Waals surface area contributed by atoms with Crippen LogP contribution >= 0.6 is 22.6 Å². The molecule has 0 fully saturated rings. The molecule has 0 spiro atoms. The fraction of sp³-hybridized carbons (Fsp3) is 0.0482. The Balaban J connectivity index is 0.000000224. The lowest BCUT2D eigenvalue weighted by atomic mass is 10.1. The number of hydrogen-bond donors (Lipinski definition) is 18. The van der Waals surface area contributed by atoms with Crippen LogP contribution in [0.25, 0.3) is 0 Å². The van der Waals surface area contributed by atoms with Gasteiger partial charge in [-0.25, -0.2) is 87.4 Å². The van der Waals surface area contributed by atoms with Gasteiger partial charge in [0.1, 0.15) is 5.82 Å². The third-order valence-electron chi connectivity index (χ3n) is 16.6. The van der Waals surface area contributed by atoms with Gasteiger partial charge in [-0.2, -0.15) is 26.3 Å². The zero-order valence-corrected chi connectivity index (χ0v) is 77.0. The number of nitro groups is 1. The van der Waals surface area contributed by atoms with Crippen LogP contribution in [0.15, 0.2) is 305 Å². The first kappa shape index (κ1) is 109. The summed E-state index contributed by atoms with van der Waals surface area (Å²) >= 11 is -2.75. The highest BCUT2D eigenvalue weighted by atomic mass is 127. The Hall–Kier alpha value is -15.0. The van der Waals surface area contributed by atoms with E-state index in [0.717, 1.165) is 40.0 Å². The largest absolute Gasteiger partial charge is 0.755 e. The lowest BCUT2D eigenvalue weighted by Crippen LogP contribution is -2.20. The van der Waals surface area contributed by atoms with E-state index in [-0.39, 0.29) is 65.2 Å². The molecule has 2 unspecified atom stereocenters. The molecule has 0 saturated heterocycles. The molecule has 0 aromatic heterocycles. The van der Waals surface area contributed by atoms with Crippen LogP contribution in [-0.4, -0.2) is 98.1 Å². The number of primary sulfonamides is 4. The summed E-state index contributed by atoms with van der Waals surface area (Å²) in [5, 5.41) is 60.4. The van der Waals surface area contributed by atoms with E-state index in [2.05, 4.69) is 95.8 Å². The highest BCUT2D eigenvalue weighted by molar-refractivity contribution is 14.1. The monoisotopic (exact) mass is 2130 g/mol. The first-order chi connectivity index (χ1) is 64.1. The molecule has 54 heteroatoms. The number of carbonyl (C=O) groups excluding carboxylic acids is 7. The number of Topliss-reactive ketones (excluding diaryl/α,β-unsaturated/α-hetero) is 1. The van der Waals surface area contributed by atoms with E-state index >= 15 is 0 Å². The van der Waals surface area contributed by atoms with Crippen molar-refractivity contribution in [2.75, 3.05) is 73.2 Å². The third-order valence-corrected chi connectivity index (χ3v) is 21.7. The number of non-ortho nitro benzene ring substituents is 1. The topological polar surface area (TPSA) is 652 Å². The Morgan fingerprint density at radius 1 is 0.328 bits per heavy atom. The molecule has 12 amide bonds. The van der Waals surface area contributed by atoms with Gasteiger partial charge in [-0.05, 0) is 285 Å². The van der Waals surface area contributed by atoms with Crippen molar-refractivity contribution in [1.29, 1.82) is 0 Å². The summed E-state index contributed by atoms with van der Waals surface area (Å²) in [4.78, 5) is 91.8. The number of rotatable bonds is 22. The number of amides is 12. The number of ketones is 1. The first-order valence-electron chi connectivity index (χ1n) is 37.7. The highest BCUT2D eigenvalue weighted by Gasteiger charge is 2.32. The van der Waals surface area contributed by atoms with E-state index < -0.39 is 133 Å². The van der Waals surface area contributed by atoms with E-state index in [0.29, 0.717) is 56.6 Å². The maximum absolute atomic E-state index is 12.8. The van der Waals surface area contributed by atoms with Gasteiger partial charge in [-0.3, -0.25) is 23.3 Å². The van der Waals surface area contributed by atoms with E-state index in [1.54, 1.807) is 42.5 Å². The van der Waals surface area contributed by atoms with E-state index in [1.165, 1.54) is 208 Å². The highest BCUT2D eigenvalue weighted by Crippen LogP contribution is 2.34. The Bertz CT molecular complexity index is 6760. The van der Waals surface area contributed by atoms with Gasteiger partial charge in [0, 0.05) is 123 Å². The minimum absolute atomic E-state index is 0.00450. The molecule has 722 valence electrons. The molecule has 40 nitrogen and oxygen atoms in total. The Kier molecular flexibility index (Phi) is 39.7. The molecular weight excluding hydrogens is 2050 g/mol. The van der Waals surface area contributed by atoms with Gasteiger partial charge in [0.25, 0.3) is 5.69 Å². The van der Waals surface area contributed by atoms with Crippen molar-refractivity contribution in [3.63, 3.8) is 0 Å². The molecule has 0 aliphatic heterocycles. The number of alkyl halides is 6. The number of aryl methyl sites for hydroxylation is 1. The number of nitrogens with zero attached hydrogens (tertiary/aromatic N) is 1. The number of nitrogens with two attached hydrogens (primary N) is 4. The van der Waals surface area contributed by atoms with Crippen molar-refractivity contribution in [2.24, 2.45) is 20.6 Å². The molecule has 2 atom stereocenters. The number of urea groups is 6. The lowest BCUT2D eigenvalue weighted by Gasteiger charge is -2.13. The standard InChI is InChI=1S/C15H14F3N3O3S.C15H15N3O4S.C14H12F3N3O3S.C13H12FN3O3S.C13H12IN3O3S.C13H12N4O5S/c1-9-6-10(15(16,17)18)8-13(7-9)20-14(22)19-11-2-4-12(5-3-11)21-25(23)24;1-10(19)11-5-7-12(8-6-11)17-15(20)18-13-3-2-4-14(9-13)23(16,21)22;15-14(16,17)9-1-3-10(4-2-9)18-13(21)19-11-5-7-12(8-6-11)20-24(22)23;2*14-9-4-6-10(7-5-9)16-13(18)17-11-2-1-3-12(8-11)21(15,19)20;14-23(21,22)12-6-2-4-10(8-12)16-13(18)15-9-3-1-5-11(7-9)17(19)20/h2-8,21H,1H3,(H,23,24)(H2,19,20,22);2-9H,1H3,(H2,16,21,22)(H2,17,18,20);1-8,20H,(H,22,23)(H2,18,19,21);2*1-8H,(H2,15,19,20)(H2,16,17,18);1-8H,(H2,14,21,22)(H2,15,16,18)/p-2. The molecule has 12 aromatic carbocycles. The summed E-state index contributed by atoms with van der Waals surface area (Å²) in [6, 6.07) is 61.5. The summed E-state index contributed by atoms with van der Waals surface area (Å²) in [6.45, 7) is 2.94. The number of nitro benzene ring substituents is 1. The van der Waals surface area contributed by atoms with Crippen LogP contribution in [0, 0.1) is 26.4 Å². The molecule has 12 rings (SSSR count). The van der Waals surface area contributed by atoms with Gasteiger partial charge in [-0.1, -0.05) is 30.3 Å². The quantitative estimate of drug-likeness (QED) is 0.00748. The van der Waals surface area contributed by atoms with Crippen LogP contribution in [0.4, 0.5) is 145 Å². The minimum Gasteiger partial charge on any atom is -0.755 e.